The predicted molar refractivity (Wildman–Crippen MR) is 169 cm³/mol. The zero-order valence-electron chi connectivity index (χ0n) is 22.9. The van der Waals surface area contributed by atoms with E-state index in [0.29, 0.717) is 0 Å². The molecule has 0 radical (unpaired) electrons. The molecule has 6 N–H and O–H groups in total. The number of nitrogens with one attached hydrogen (secondary N) is 6. The molecule has 210 valence electrons. The molecule has 0 aliphatic carbocycles. The number of hydrogen-bond acceptors (Lipinski definition) is 6. The van der Waals surface area contributed by atoms with Crippen LogP contribution >= 0.6 is 0 Å². The average molecular weight is 575 g/mol. The number of aromatic amines is 6. The van der Waals surface area contributed by atoms with Crippen LogP contribution in [0.2, 0.25) is 0 Å². The van der Waals surface area contributed by atoms with Gasteiger partial charge < -0.3 is 29.9 Å². The fourth-order valence-corrected chi connectivity index (χ4v) is 5.91. The number of fused-ring (bicyclic) bond motifs is 8. The van der Waals surface area contributed by atoms with Crippen molar-refractivity contribution in [3.63, 3.8) is 0 Å². The summed E-state index contributed by atoms with van der Waals surface area (Å²) in [4.78, 5) is 47.9. The molecular formula is C32H22N12. The lowest BCUT2D eigenvalue weighted by Crippen LogP contribution is -1.90. The summed E-state index contributed by atoms with van der Waals surface area (Å²) >= 11 is 0. The fourth-order valence-electron chi connectivity index (χ4n) is 5.91. The Labute approximate surface area is 248 Å². The summed E-state index contributed by atoms with van der Waals surface area (Å²) in [6.07, 6.45) is 22.0. The smallest absolute Gasteiger partial charge is 0.0924 e. The van der Waals surface area contributed by atoms with Crippen LogP contribution in [-0.4, -0.2) is 59.8 Å². The summed E-state index contributed by atoms with van der Waals surface area (Å²) < 4.78 is 0. The van der Waals surface area contributed by atoms with Gasteiger partial charge in [-0.05, 0) is 48.6 Å². The highest BCUT2D eigenvalue weighted by Gasteiger charge is 2.19. The van der Waals surface area contributed by atoms with E-state index in [2.05, 4.69) is 74.1 Å². The standard InChI is InChI=1S/C32H22N12/c1-2-18-30(26-10-34-14-38-26)20-5-6-22(43-20)32(28-12-36-16-40-28)24-8-7-23(44-24)31(27-11-35-15-39-27)21-4-3-19(42-21)29(17(1)41-18)25-9-33-13-37-25/h1-16,41,44H,(H,33,37)(H,34,38)(H,35,39)(H,36,40). The zero-order valence-corrected chi connectivity index (χ0v) is 22.9. The van der Waals surface area contributed by atoms with Crippen molar-refractivity contribution in [1.29, 1.82) is 0 Å². The summed E-state index contributed by atoms with van der Waals surface area (Å²) in [6.45, 7) is 0. The lowest BCUT2D eigenvalue weighted by atomic mass is 10.1. The van der Waals surface area contributed by atoms with Gasteiger partial charge in [-0.2, -0.15) is 0 Å². The van der Waals surface area contributed by atoms with Gasteiger partial charge in [-0.15, -0.1) is 0 Å². The molecule has 9 heterocycles. The molecule has 12 nitrogen and oxygen atoms in total. The maximum atomic E-state index is 5.16. The SMILES string of the molecule is C1=Cc2nc1c(-c1cnc[nH]1)c1ccc([nH]1)c(-c1cnc[nH]1)c1nc(c(-c3cnc[nH]3)c3ccc([nH]3)c2-c2cnc[nH]2)C=C1. The second-order valence-electron chi connectivity index (χ2n) is 10.4. The molecule has 9 rings (SSSR count). The Bertz CT molecular complexity index is 2040. The van der Waals surface area contributed by atoms with E-state index in [0.717, 1.165) is 89.9 Å². The number of aromatic nitrogens is 12. The second kappa shape index (κ2) is 9.49. The van der Waals surface area contributed by atoms with Crippen molar-refractivity contribution in [2.75, 3.05) is 0 Å². The zero-order chi connectivity index (χ0) is 29.0. The van der Waals surface area contributed by atoms with Crippen molar-refractivity contribution >= 4 is 46.4 Å². The Balaban J connectivity index is 1.49. The van der Waals surface area contributed by atoms with Gasteiger partial charge in [0.15, 0.2) is 0 Å². The van der Waals surface area contributed by atoms with Gasteiger partial charge in [-0.3, -0.25) is 0 Å². The number of nitrogens with zero attached hydrogens (tertiary/aromatic N) is 6. The largest absolute Gasteiger partial charge is 0.354 e. The minimum absolute atomic E-state index is 0.787. The molecule has 12 heteroatoms. The van der Waals surface area contributed by atoms with Crippen LogP contribution < -0.4 is 0 Å². The monoisotopic (exact) mass is 574 g/mol. The Morgan fingerprint density at radius 3 is 0.864 bits per heavy atom. The lowest BCUT2D eigenvalue weighted by Gasteiger charge is -2.03. The van der Waals surface area contributed by atoms with E-state index in [-0.39, 0.29) is 0 Å². The molecule has 2 aliphatic rings. The quantitative estimate of drug-likeness (QED) is 0.146. The van der Waals surface area contributed by atoms with Crippen molar-refractivity contribution in [3.8, 4) is 45.0 Å². The molecule has 0 saturated heterocycles. The van der Waals surface area contributed by atoms with Crippen molar-refractivity contribution in [1.82, 2.24) is 59.8 Å². The number of hydrogen-bond donors (Lipinski definition) is 6. The van der Waals surface area contributed by atoms with Gasteiger partial charge in [0, 0.05) is 22.3 Å². The van der Waals surface area contributed by atoms with E-state index < -0.39 is 0 Å². The average Bonchev–Trinajstić information content (AvgIpc) is 3.90. The van der Waals surface area contributed by atoms with Crippen LogP contribution in [0.1, 0.15) is 22.8 Å². The topological polar surface area (TPSA) is 172 Å². The molecule has 0 aromatic carbocycles. The summed E-state index contributed by atoms with van der Waals surface area (Å²) in [6, 6.07) is 8.21. The third kappa shape index (κ3) is 3.78. The van der Waals surface area contributed by atoms with Gasteiger partial charge in [-0.25, -0.2) is 29.9 Å². The molecule has 0 saturated carbocycles. The second-order valence-corrected chi connectivity index (χ2v) is 10.4. The number of imidazole rings is 4. The molecule has 0 fully saturated rings. The van der Waals surface area contributed by atoms with E-state index in [1.165, 1.54) is 0 Å². The molecule has 0 amide bonds. The van der Waals surface area contributed by atoms with Crippen molar-refractivity contribution in [3.05, 3.63) is 97.1 Å². The molecule has 8 bridgehead atoms. The van der Waals surface area contributed by atoms with Crippen molar-refractivity contribution in [2.45, 2.75) is 0 Å². The Hall–Kier alpha value is -6.56. The highest BCUT2D eigenvalue weighted by atomic mass is 14.9. The van der Waals surface area contributed by atoms with Gasteiger partial charge in [0.1, 0.15) is 0 Å². The first kappa shape index (κ1) is 24.1. The number of H-pyrrole nitrogens is 6. The molecule has 2 aliphatic heterocycles. The maximum Gasteiger partial charge on any atom is 0.0924 e. The third-order valence-electron chi connectivity index (χ3n) is 7.82. The van der Waals surface area contributed by atoms with Gasteiger partial charge in [-0.1, -0.05) is 0 Å². The summed E-state index contributed by atoms with van der Waals surface area (Å²) in [5.41, 5.74) is 13.5. The summed E-state index contributed by atoms with van der Waals surface area (Å²) in [5.74, 6) is 0. The predicted octanol–water partition coefficient (Wildman–Crippen LogP) is 6.22. The highest BCUT2D eigenvalue weighted by Crippen LogP contribution is 2.36. The lowest BCUT2D eigenvalue weighted by molar-refractivity contribution is 1.28. The summed E-state index contributed by atoms with van der Waals surface area (Å²) in [7, 11) is 0. The minimum Gasteiger partial charge on any atom is -0.354 e. The van der Waals surface area contributed by atoms with Crippen LogP contribution in [0.15, 0.2) is 74.4 Å². The Morgan fingerprint density at radius 1 is 0.364 bits per heavy atom. The molecule has 0 unspecified atom stereocenters. The van der Waals surface area contributed by atoms with E-state index in [9.17, 15) is 0 Å². The maximum absolute atomic E-state index is 5.16. The van der Waals surface area contributed by atoms with Crippen LogP contribution in [0.4, 0.5) is 0 Å². The fraction of sp³-hybridized carbons (Fsp3) is 0. The Morgan fingerprint density at radius 2 is 0.636 bits per heavy atom. The van der Waals surface area contributed by atoms with Crippen LogP contribution in [0.25, 0.3) is 91.4 Å². The van der Waals surface area contributed by atoms with Crippen molar-refractivity contribution < 1.29 is 0 Å². The molecule has 7 aromatic rings. The molecule has 0 spiro atoms. The first-order valence-electron chi connectivity index (χ1n) is 13.9. The first-order chi connectivity index (χ1) is 21.8. The Kier molecular flexibility index (Phi) is 5.19. The van der Waals surface area contributed by atoms with Crippen LogP contribution in [-0.2, 0) is 0 Å². The normalized spacial score (nSPS) is 12.4. The van der Waals surface area contributed by atoms with Crippen molar-refractivity contribution in [2.24, 2.45) is 0 Å². The van der Waals surface area contributed by atoms with Gasteiger partial charge in [0.2, 0.25) is 0 Å². The molecule has 7 aromatic heterocycles. The summed E-state index contributed by atoms with van der Waals surface area (Å²) in [5, 5.41) is 0. The molecular weight excluding hydrogens is 552 g/mol. The molecule has 44 heavy (non-hydrogen) atoms. The van der Waals surface area contributed by atoms with E-state index in [4.69, 9.17) is 9.97 Å². The van der Waals surface area contributed by atoms with E-state index in [1.54, 1.807) is 50.1 Å². The highest BCUT2D eigenvalue weighted by molar-refractivity contribution is 5.98. The molecule has 0 atom stereocenters. The van der Waals surface area contributed by atoms with Crippen LogP contribution in [0, 0.1) is 0 Å². The van der Waals surface area contributed by atoms with Gasteiger partial charge >= 0.3 is 0 Å². The number of rotatable bonds is 4. The first-order valence-corrected chi connectivity index (χ1v) is 13.9. The van der Waals surface area contributed by atoms with Crippen LogP contribution in [0.3, 0.4) is 0 Å². The van der Waals surface area contributed by atoms with Gasteiger partial charge in [0.25, 0.3) is 0 Å². The van der Waals surface area contributed by atoms with Gasteiger partial charge in [0.05, 0.1) is 118 Å². The van der Waals surface area contributed by atoms with Crippen LogP contribution in [0.5, 0.6) is 0 Å². The van der Waals surface area contributed by atoms with E-state index in [1.807, 2.05) is 24.3 Å². The minimum atomic E-state index is 0.787. The van der Waals surface area contributed by atoms with E-state index >= 15 is 0 Å². The third-order valence-corrected chi connectivity index (χ3v) is 7.82.